The highest BCUT2D eigenvalue weighted by Gasteiger charge is 2.30. The van der Waals surface area contributed by atoms with Gasteiger partial charge in [-0.3, -0.25) is 9.69 Å². The lowest BCUT2D eigenvalue weighted by Gasteiger charge is -2.22. The molecule has 1 aromatic rings. The molecule has 1 aliphatic rings. The molecule has 0 saturated carbocycles. The lowest BCUT2D eigenvalue weighted by Crippen LogP contribution is -2.35. The van der Waals surface area contributed by atoms with Gasteiger partial charge in [0.15, 0.2) is 0 Å². The van der Waals surface area contributed by atoms with Gasteiger partial charge in [-0.1, -0.05) is 28.1 Å². The van der Waals surface area contributed by atoms with Crippen LogP contribution in [-0.2, 0) is 11.3 Å². The van der Waals surface area contributed by atoms with E-state index in [0.29, 0.717) is 0 Å². The minimum Gasteiger partial charge on any atom is -0.480 e. The second-order valence-electron chi connectivity index (χ2n) is 4.49. The first-order valence-electron chi connectivity index (χ1n) is 5.80. The Morgan fingerprint density at radius 2 is 2.35 bits per heavy atom. The number of aliphatic carboxylic acids is 1. The maximum atomic E-state index is 11.1. The fourth-order valence-corrected chi connectivity index (χ4v) is 2.74. The zero-order valence-corrected chi connectivity index (χ0v) is 11.4. The Bertz CT molecular complexity index is 433. The number of benzene rings is 1. The summed E-state index contributed by atoms with van der Waals surface area (Å²) >= 11 is 3.50. The van der Waals surface area contributed by atoms with Crippen LogP contribution in [0.15, 0.2) is 22.7 Å². The van der Waals surface area contributed by atoms with Crippen LogP contribution in [0, 0.1) is 6.92 Å². The quantitative estimate of drug-likeness (QED) is 0.933. The number of hydrogen-bond donors (Lipinski definition) is 1. The van der Waals surface area contributed by atoms with Crippen LogP contribution in [0.5, 0.6) is 0 Å². The largest absolute Gasteiger partial charge is 0.480 e. The van der Waals surface area contributed by atoms with E-state index in [1.807, 2.05) is 12.1 Å². The van der Waals surface area contributed by atoms with Gasteiger partial charge in [0.2, 0.25) is 0 Å². The normalized spacial score (nSPS) is 20.7. The lowest BCUT2D eigenvalue weighted by atomic mass is 10.1. The van der Waals surface area contributed by atoms with Crippen LogP contribution >= 0.6 is 15.9 Å². The maximum absolute atomic E-state index is 11.1. The minimum absolute atomic E-state index is 0.312. The number of likely N-dealkylation sites (tertiary alicyclic amines) is 1. The first-order chi connectivity index (χ1) is 8.09. The van der Waals surface area contributed by atoms with Gasteiger partial charge in [-0.25, -0.2) is 0 Å². The van der Waals surface area contributed by atoms with Crippen molar-refractivity contribution < 1.29 is 9.90 Å². The predicted molar refractivity (Wildman–Crippen MR) is 69.9 cm³/mol. The number of carboxylic acid groups (broad SMARTS) is 1. The molecule has 0 amide bonds. The van der Waals surface area contributed by atoms with E-state index in [1.165, 1.54) is 11.1 Å². The summed E-state index contributed by atoms with van der Waals surface area (Å²) in [6, 6.07) is 5.76. The van der Waals surface area contributed by atoms with Crippen LogP contribution in [0.2, 0.25) is 0 Å². The number of rotatable bonds is 3. The molecule has 2 rings (SSSR count). The Morgan fingerprint density at radius 1 is 1.59 bits per heavy atom. The second kappa shape index (κ2) is 5.19. The topological polar surface area (TPSA) is 40.5 Å². The highest BCUT2D eigenvalue weighted by molar-refractivity contribution is 9.10. The number of carbonyl (C=O) groups is 1. The highest BCUT2D eigenvalue weighted by Crippen LogP contribution is 2.24. The summed E-state index contributed by atoms with van der Waals surface area (Å²) in [5, 5.41) is 9.13. The lowest BCUT2D eigenvalue weighted by molar-refractivity contribution is -0.142. The fourth-order valence-electron chi connectivity index (χ4n) is 2.34. The molecule has 17 heavy (non-hydrogen) atoms. The molecular weight excluding hydrogens is 282 g/mol. The van der Waals surface area contributed by atoms with Crippen molar-refractivity contribution in [2.75, 3.05) is 6.54 Å². The van der Waals surface area contributed by atoms with Crippen LogP contribution in [0.25, 0.3) is 0 Å². The van der Waals surface area contributed by atoms with E-state index in [2.05, 4.69) is 33.8 Å². The molecule has 0 aromatic heterocycles. The van der Waals surface area contributed by atoms with Crippen molar-refractivity contribution in [3.8, 4) is 0 Å². The van der Waals surface area contributed by atoms with Gasteiger partial charge in [-0.05, 0) is 43.5 Å². The van der Waals surface area contributed by atoms with Gasteiger partial charge in [0.25, 0.3) is 0 Å². The Kier molecular flexibility index (Phi) is 3.84. The third-order valence-electron chi connectivity index (χ3n) is 3.40. The molecule has 1 unspecified atom stereocenters. The summed E-state index contributed by atoms with van der Waals surface area (Å²) in [6.07, 6.45) is 1.74. The Morgan fingerprint density at radius 3 is 3.06 bits per heavy atom. The molecule has 0 radical (unpaired) electrons. The first-order valence-corrected chi connectivity index (χ1v) is 6.59. The minimum atomic E-state index is -0.699. The summed E-state index contributed by atoms with van der Waals surface area (Å²) in [6.45, 7) is 3.66. The average molecular weight is 298 g/mol. The standard InChI is InChI=1S/C13H16BrNO2/c1-9-10(4-2-5-11(9)14)8-15-7-3-6-12(15)13(16)17/h2,4-5,12H,3,6-8H2,1H3,(H,16,17). The zero-order chi connectivity index (χ0) is 12.4. The smallest absolute Gasteiger partial charge is 0.320 e. The number of halogens is 1. The Balaban J connectivity index is 2.15. The van der Waals surface area contributed by atoms with Gasteiger partial charge in [-0.15, -0.1) is 0 Å². The van der Waals surface area contributed by atoms with E-state index in [-0.39, 0.29) is 6.04 Å². The van der Waals surface area contributed by atoms with Crippen molar-refractivity contribution in [2.24, 2.45) is 0 Å². The summed E-state index contributed by atoms with van der Waals surface area (Å²) in [5.74, 6) is -0.699. The SMILES string of the molecule is Cc1c(Br)cccc1CN1CCCC1C(=O)O. The molecule has 92 valence electrons. The van der Waals surface area contributed by atoms with Gasteiger partial charge in [0, 0.05) is 11.0 Å². The Labute approximate surface area is 110 Å². The third kappa shape index (κ3) is 2.69. The van der Waals surface area contributed by atoms with E-state index < -0.39 is 5.97 Å². The van der Waals surface area contributed by atoms with Crippen molar-refractivity contribution in [2.45, 2.75) is 32.4 Å². The van der Waals surface area contributed by atoms with Gasteiger partial charge in [0.05, 0.1) is 0 Å². The summed E-state index contributed by atoms with van der Waals surface area (Å²) in [7, 11) is 0. The summed E-state index contributed by atoms with van der Waals surface area (Å²) in [5.41, 5.74) is 2.40. The molecule has 1 N–H and O–H groups in total. The van der Waals surface area contributed by atoms with Crippen molar-refractivity contribution >= 4 is 21.9 Å². The molecule has 1 fully saturated rings. The zero-order valence-electron chi connectivity index (χ0n) is 9.82. The van der Waals surface area contributed by atoms with Crippen molar-refractivity contribution in [3.63, 3.8) is 0 Å². The van der Waals surface area contributed by atoms with Crippen LogP contribution in [0.3, 0.4) is 0 Å². The van der Waals surface area contributed by atoms with Gasteiger partial charge in [-0.2, -0.15) is 0 Å². The molecule has 1 heterocycles. The van der Waals surface area contributed by atoms with Crippen LogP contribution in [-0.4, -0.2) is 28.6 Å². The fraction of sp³-hybridized carbons (Fsp3) is 0.462. The van der Waals surface area contributed by atoms with Crippen molar-refractivity contribution in [1.29, 1.82) is 0 Å². The molecule has 1 aromatic carbocycles. The van der Waals surface area contributed by atoms with E-state index in [0.717, 1.165) is 30.4 Å². The van der Waals surface area contributed by atoms with E-state index in [4.69, 9.17) is 5.11 Å². The highest BCUT2D eigenvalue weighted by atomic mass is 79.9. The van der Waals surface area contributed by atoms with Crippen molar-refractivity contribution in [3.05, 3.63) is 33.8 Å². The average Bonchev–Trinajstić information content (AvgIpc) is 2.73. The van der Waals surface area contributed by atoms with Gasteiger partial charge < -0.3 is 5.11 Å². The Hall–Kier alpha value is -0.870. The third-order valence-corrected chi connectivity index (χ3v) is 4.26. The molecule has 0 spiro atoms. The summed E-state index contributed by atoms with van der Waals surface area (Å²) < 4.78 is 1.08. The molecule has 0 aliphatic carbocycles. The molecular formula is C13H16BrNO2. The van der Waals surface area contributed by atoms with Gasteiger partial charge >= 0.3 is 5.97 Å². The molecule has 3 nitrogen and oxygen atoms in total. The monoisotopic (exact) mass is 297 g/mol. The number of hydrogen-bond acceptors (Lipinski definition) is 2. The maximum Gasteiger partial charge on any atom is 0.320 e. The second-order valence-corrected chi connectivity index (χ2v) is 5.35. The first kappa shape index (κ1) is 12.6. The van der Waals surface area contributed by atoms with Crippen LogP contribution in [0.4, 0.5) is 0 Å². The van der Waals surface area contributed by atoms with Crippen molar-refractivity contribution in [1.82, 2.24) is 4.90 Å². The molecule has 0 bridgehead atoms. The van der Waals surface area contributed by atoms with E-state index in [1.54, 1.807) is 0 Å². The van der Waals surface area contributed by atoms with Crippen LogP contribution < -0.4 is 0 Å². The van der Waals surface area contributed by atoms with E-state index >= 15 is 0 Å². The number of carboxylic acids is 1. The molecule has 4 heteroatoms. The van der Waals surface area contributed by atoms with Crippen LogP contribution in [0.1, 0.15) is 24.0 Å². The van der Waals surface area contributed by atoms with Gasteiger partial charge in [0.1, 0.15) is 6.04 Å². The predicted octanol–water partition coefficient (Wildman–Crippen LogP) is 2.81. The summed E-state index contributed by atoms with van der Waals surface area (Å²) in [4.78, 5) is 13.2. The van der Waals surface area contributed by atoms with E-state index in [9.17, 15) is 4.79 Å². The molecule has 1 atom stereocenters. The molecule has 1 aliphatic heterocycles. The number of nitrogens with zero attached hydrogens (tertiary/aromatic N) is 1. The molecule has 1 saturated heterocycles.